The summed E-state index contributed by atoms with van der Waals surface area (Å²) in [5.74, 6) is -0.0171. The average molecular weight is 349 g/mol. The number of carbonyl (C=O) groups is 1. The molecule has 3 aromatic rings. The highest BCUT2D eigenvalue weighted by Gasteiger charge is 2.19. The molecule has 128 valence electrons. The molecule has 0 atom stereocenters. The molecule has 0 unspecified atom stereocenters. The average Bonchev–Trinajstić information content (AvgIpc) is 3.08. The number of hydrogen-bond acceptors (Lipinski definition) is 5. The molecule has 8 nitrogen and oxygen atoms in total. The number of rotatable bonds is 5. The van der Waals surface area contributed by atoms with Gasteiger partial charge >= 0.3 is 5.69 Å². The summed E-state index contributed by atoms with van der Waals surface area (Å²) in [6.45, 7) is 5.93. The van der Waals surface area contributed by atoms with E-state index in [4.69, 9.17) is 0 Å². The van der Waals surface area contributed by atoms with Gasteiger partial charge < -0.3 is 5.32 Å². The van der Waals surface area contributed by atoms with Crippen LogP contribution in [0.5, 0.6) is 0 Å². The van der Waals surface area contributed by atoms with E-state index in [9.17, 15) is 14.4 Å². The fourth-order valence-corrected chi connectivity index (χ4v) is 3.49. The molecular weight excluding hydrogens is 330 g/mol. The second-order valence-corrected chi connectivity index (χ2v) is 6.81. The molecule has 0 bridgehead atoms. The zero-order valence-corrected chi connectivity index (χ0v) is 14.6. The first kappa shape index (κ1) is 16.4. The minimum Gasteiger partial charge on any atom is -0.352 e. The Bertz CT molecular complexity index is 1020. The molecule has 3 aromatic heterocycles. The van der Waals surface area contributed by atoms with Gasteiger partial charge in [0.05, 0.1) is 5.52 Å². The normalized spacial score (nSPS) is 11.7. The van der Waals surface area contributed by atoms with Crippen molar-refractivity contribution in [3.05, 3.63) is 32.3 Å². The number of aromatic nitrogens is 4. The third kappa shape index (κ3) is 2.64. The lowest BCUT2D eigenvalue weighted by molar-refractivity contribution is -0.122. The molecule has 0 aliphatic heterocycles. The van der Waals surface area contributed by atoms with Gasteiger partial charge in [-0.2, -0.15) is 0 Å². The first-order valence-corrected chi connectivity index (χ1v) is 8.71. The maximum Gasteiger partial charge on any atom is 0.352 e. The lowest BCUT2D eigenvalue weighted by atomic mass is 10.4. The molecule has 1 amide bonds. The molecule has 0 spiro atoms. The molecule has 0 aliphatic rings. The predicted octanol–water partition coefficient (Wildman–Crippen LogP) is 0.807. The Morgan fingerprint density at radius 1 is 1.38 bits per heavy atom. The van der Waals surface area contributed by atoms with Gasteiger partial charge in [0.15, 0.2) is 0 Å². The lowest BCUT2D eigenvalue weighted by Crippen LogP contribution is -2.36. The Hall–Kier alpha value is -2.42. The number of fused-ring (bicyclic) bond motifs is 3. The lowest BCUT2D eigenvalue weighted by Gasteiger charge is -2.06. The zero-order chi connectivity index (χ0) is 17.4. The summed E-state index contributed by atoms with van der Waals surface area (Å²) >= 11 is 1.30. The van der Waals surface area contributed by atoms with Gasteiger partial charge in [-0.25, -0.2) is 13.9 Å². The quantitative estimate of drug-likeness (QED) is 0.738. The number of carbonyl (C=O) groups excluding carboxylic acids is 1. The number of aryl methyl sites for hydroxylation is 1. The Morgan fingerprint density at radius 2 is 2.12 bits per heavy atom. The van der Waals surface area contributed by atoms with Crippen LogP contribution in [0.1, 0.15) is 27.2 Å². The van der Waals surface area contributed by atoms with Crippen LogP contribution in [0.4, 0.5) is 0 Å². The first-order valence-electron chi connectivity index (χ1n) is 7.83. The molecule has 3 rings (SSSR count). The Labute approximate surface area is 141 Å². The summed E-state index contributed by atoms with van der Waals surface area (Å²) in [5.41, 5.74) is -0.0387. The van der Waals surface area contributed by atoms with Crippen LogP contribution in [0.25, 0.3) is 16.0 Å². The highest BCUT2D eigenvalue weighted by molar-refractivity contribution is 7.17. The van der Waals surface area contributed by atoms with Gasteiger partial charge in [-0.1, -0.05) is 6.92 Å². The van der Waals surface area contributed by atoms with Crippen molar-refractivity contribution in [3.63, 3.8) is 0 Å². The van der Waals surface area contributed by atoms with E-state index in [-0.39, 0.29) is 29.8 Å². The monoisotopic (exact) mass is 349 g/mol. The maximum absolute atomic E-state index is 12.7. The van der Waals surface area contributed by atoms with Crippen molar-refractivity contribution >= 4 is 33.2 Å². The van der Waals surface area contributed by atoms with Gasteiger partial charge in [-0.05, 0) is 31.7 Å². The molecule has 0 saturated heterocycles. The molecule has 24 heavy (non-hydrogen) atoms. The van der Waals surface area contributed by atoms with E-state index in [1.807, 2.05) is 20.8 Å². The maximum atomic E-state index is 12.7. The zero-order valence-electron chi connectivity index (χ0n) is 13.8. The third-order valence-electron chi connectivity index (χ3n) is 3.58. The Balaban J connectivity index is 2.23. The van der Waals surface area contributed by atoms with Crippen LogP contribution >= 0.6 is 11.3 Å². The van der Waals surface area contributed by atoms with Crippen LogP contribution in [0.3, 0.4) is 0 Å². The molecule has 0 fully saturated rings. The van der Waals surface area contributed by atoms with Crippen LogP contribution < -0.4 is 16.6 Å². The van der Waals surface area contributed by atoms with Crippen LogP contribution in [0, 0.1) is 0 Å². The van der Waals surface area contributed by atoms with E-state index in [1.54, 1.807) is 11.4 Å². The van der Waals surface area contributed by atoms with Crippen molar-refractivity contribution in [1.29, 1.82) is 0 Å². The molecule has 0 saturated carbocycles. The van der Waals surface area contributed by atoms with E-state index in [0.717, 1.165) is 11.1 Å². The summed E-state index contributed by atoms with van der Waals surface area (Å²) < 4.78 is 4.53. The molecular formula is C15H19N5O3S. The highest BCUT2D eigenvalue weighted by atomic mass is 32.1. The Kier molecular flexibility index (Phi) is 4.27. The van der Waals surface area contributed by atoms with Crippen LogP contribution in [0.2, 0.25) is 0 Å². The first-order chi connectivity index (χ1) is 11.4. The van der Waals surface area contributed by atoms with Crippen LogP contribution in [-0.4, -0.2) is 30.7 Å². The highest BCUT2D eigenvalue weighted by Crippen LogP contribution is 2.17. The van der Waals surface area contributed by atoms with Gasteiger partial charge in [-0.15, -0.1) is 16.4 Å². The largest absolute Gasteiger partial charge is 0.352 e. The summed E-state index contributed by atoms with van der Waals surface area (Å²) in [6.07, 6.45) is 0.737. The van der Waals surface area contributed by atoms with Gasteiger partial charge in [0.25, 0.3) is 5.56 Å². The van der Waals surface area contributed by atoms with E-state index in [2.05, 4.69) is 10.4 Å². The SMILES string of the molecule is CCCn1c(=O)c2sccc2n2c(=O)n(CC(=O)NC(C)C)nc12. The fraction of sp³-hybridized carbons (Fsp3) is 0.467. The molecule has 9 heteroatoms. The number of thiophene rings is 1. The topological polar surface area (TPSA) is 90.4 Å². The van der Waals surface area contributed by atoms with Crippen molar-refractivity contribution < 1.29 is 4.79 Å². The number of hydrogen-bond donors (Lipinski definition) is 1. The summed E-state index contributed by atoms with van der Waals surface area (Å²) in [5, 5.41) is 8.75. The van der Waals surface area contributed by atoms with Crippen molar-refractivity contribution in [3.8, 4) is 0 Å². The summed E-state index contributed by atoms with van der Waals surface area (Å²) in [4.78, 5) is 37.3. The van der Waals surface area contributed by atoms with Crippen molar-refractivity contribution in [2.24, 2.45) is 0 Å². The van der Waals surface area contributed by atoms with E-state index < -0.39 is 5.69 Å². The van der Waals surface area contributed by atoms with E-state index in [1.165, 1.54) is 20.3 Å². The van der Waals surface area contributed by atoms with Crippen molar-refractivity contribution in [2.45, 2.75) is 46.3 Å². The van der Waals surface area contributed by atoms with Gasteiger partial charge in [0.1, 0.15) is 11.2 Å². The molecule has 0 aliphatic carbocycles. The molecule has 1 N–H and O–H groups in total. The van der Waals surface area contributed by atoms with E-state index >= 15 is 0 Å². The molecule has 0 radical (unpaired) electrons. The smallest absolute Gasteiger partial charge is 0.352 e. The van der Waals surface area contributed by atoms with Gasteiger partial charge in [0, 0.05) is 12.6 Å². The van der Waals surface area contributed by atoms with Gasteiger partial charge in [0.2, 0.25) is 11.7 Å². The van der Waals surface area contributed by atoms with Crippen molar-refractivity contribution in [1.82, 2.24) is 24.1 Å². The predicted molar refractivity (Wildman–Crippen MR) is 92.7 cm³/mol. The third-order valence-corrected chi connectivity index (χ3v) is 4.47. The van der Waals surface area contributed by atoms with Crippen LogP contribution in [-0.2, 0) is 17.9 Å². The minimum absolute atomic E-state index is 0.0212. The molecule has 3 heterocycles. The Morgan fingerprint density at radius 3 is 2.79 bits per heavy atom. The summed E-state index contributed by atoms with van der Waals surface area (Å²) in [6, 6.07) is 1.71. The molecule has 0 aromatic carbocycles. The fourth-order valence-electron chi connectivity index (χ4n) is 2.67. The standard InChI is InChI=1S/C15H19N5O3S/c1-4-6-18-13(22)12-10(5-7-24-12)20-14(18)17-19(15(20)23)8-11(21)16-9(2)3/h5,7,9H,4,6,8H2,1-3H3,(H,16,21). The number of amides is 1. The van der Waals surface area contributed by atoms with Crippen molar-refractivity contribution in [2.75, 3.05) is 0 Å². The number of nitrogens with one attached hydrogen (secondary N) is 1. The second-order valence-electron chi connectivity index (χ2n) is 5.89. The second kappa shape index (κ2) is 6.23. The minimum atomic E-state index is -0.419. The van der Waals surface area contributed by atoms with Crippen LogP contribution in [0.15, 0.2) is 21.0 Å². The summed E-state index contributed by atoms with van der Waals surface area (Å²) in [7, 11) is 0. The van der Waals surface area contributed by atoms with E-state index in [0.29, 0.717) is 16.8 Å². The number of nitrogens with zero attached hydrogens (tertiary/aromatic N) is 4. The van der Waals surface area contributed by atoms with Gasteiger partial charge in [-0.3, -0.25) is 14.2 Å².